The Morgan fingerprint density at radius 3 is 2.93 bits per heavy atom. The zero-order chi connectivity index (χ0) is 10.1. The molecule has 6 heteroatoms. The number of H-pyrrole nitrogens is 1. The topological polar surface area (TPSA) is 59.6 Å². The first-order chi connectivity index (χ1) is 6.66. The van der Waals surface area contributed by atoms with Crippen molar-refractivity contribution < 1.29 is 4.42 Å². The number of nitrogens with zero attached hydrogens (tertiary/aromatic N) is 3. The fraction of sp³-hybridized carbons (Fsp3) is 0.375. The molecule has 0 saturated carbocycles. The second-order valence-corrected chi connectivity index (χ2v) is 3.44. The van der Waals surface area contributed by atoms with Crippen molar-refractivity contribution in [2.75, 3.05) is 0 Å². The Kier molecular flexibility index (Phi) is 2.20. The average molecular weight is 210 g/mol. The highest BCUT2D eigenvalue weighted by Crippen LogP contribution is 2.14. The molecule has 0 fully saturated rings. The van der Waals surface area contributed by atoms with E-state index in [2.05, 4.69) is 15.3 Å². The van der Waals surface area contributed by atoms with Gasteiger partial charge in [-0.15, -0.1) is 5.10 Å². The number of hydrogen-bond donors (Lipinski definition) is 1. The molecule has 5 nitrogen and oxygen atoms in total. The molecule has 0 radical (unpaired) electrons. The molecule has 0 amide bonds. The quantitative estimate of drug-likeness (QED) is 0.768. The zero-order valence-corrected chi connectivity index (χ0v) is 8.71. The van der Waals surface area contributed by atoms with Crippen molar-refractivity contribution in [1.82, 2.24) is 20.0 Å². The monoisotopic (exact) mass is 210 g/mol. The van der Waals surface area contributed by atoms with Gasteiger partial charge in [0.25, 0.3) is 4.84 Å². The summed E-state index contributed by atoms with van der Waals surface area (Å²) >= 11 is 4.79. The summed E-state index contributed by atoms with van der Waals surface area (Å²) in [5.74, 6) is 0.540. The summed E-state index contributed by atoms with van der Waals surface area (Å²) in [7, 11) is 0. The van der Waals surface area contributed by atoms with E-state index in [-0.39, 0.29) is 10.9 Å². The fourth-order valence-corrected chi connectivity index (χ4v) is 1.31. The maximum absolute atomic E-state index is 5.20. The van der Waals surface area contributed by atoms with E-state index < -0.39 is 0 Å². The summed E-state index contributed by atoms with van der Waals surface area (Å²) in [6.45, 7) is 3.88. The number of nitrogens with one attached hydrogen (secondary N) is 1. The lowest BCUT2D eigenvalue weighted by Crippen LogP contribution is -2.07. The molecule has 2 rings (SSSR count). The van der Waals surface area contributed by atoms with Crippen molar-refractivity contribution in [3.8, 4) is 0 Å². The van der Waals surface area contributed by atoms with Gasteiger partial charge in [0.2, 0.25) is 5.89 Å². The van der Waals surface area contributed by atoms with Gasteiger partial charge in [0.1, 0.15) is 6.04 Å². The molecule has 0 aromatic carbocycles. The Balaban J connectivity index is 2.32. The molecule has 1 atom stereocenters. The molecule has 14 heavy (non-hydrogen) atoms. The van der Waals surface area contributed by atoms with Gasteiger partial charge in [0.15, 0.2) is 0 Å². The van der Waals surface area contributed by atoms with Crippen LogP contribution >= 0.6 is 12.2 Å². The maximum atomic E-state index is 5.20. The van der Waals surface area contributed by atoms with E-state index >= 15 is 0 Å². The van der Waals surface area contributed by atoms with Gasteiger partial charge in [0, 0.05) is 6.20 Å². The van der Waals surface area contributed by atoms with Crippen LogP contribution in [0.3, 0.4) is 0 Å². The predicted molar refractivity (Wildman–Crippen MR) is 52.5 cm³/mol. The van der Waals surface area contributed by atoms with E-state index in [9.17, 15) is 0 Å². The third-order valence-electron chi connectivity index (χ3n) is 1.95. The van der Waals surface area contributed by atoms with Gasteiger partial charge in [-0.25, -0.2) is 5.10 Å². The lowest BCUT2D eigenvalue weighted by molar-refractivity contribution is 0.403. The molecule has 0 aliphatic rings. The molecule has 0 aliphatic carbocycles. The number of hydrogen-bond acceptors (Lipinski definition) is 4. The minimum Gasteiger partial charge on any atom is -0.412 e. The molecule has 2 heterocycles. The van der Waals surface area contributed by atoms with Crippen LogP contribution in [0.2, 0.25) is 0 Å². The van der Waals surface area contributed by atoms with Crippen molar-refractivity contribution >= 4 is 12.2 Å². The van der Waals surface area contributed by atoms with Gasteiger partial charge in [0.05, 0.1) is 5.69 Å². The van der Waals surface area contributed by atoms with E-state index in [4.69, 9.17) is 16.6 Å². The van der Waals surface area contributed by atoms with Gasteiger partial charge in [-0.2, -0.15) is 5.10 Å². The molecule has 1 unspecified atom stereocenters. The Labute approximate surface area is 85.8 Å². The molecule has 2 aromatic heterocycles. The first-order valence-corrected chi connectivity index (χ1v) is 4.65. The third kappa shape index (κ3) is 1.60. The summed E-state index contributed by atoms with van der Waals surface area (Å²) in [6.07, 6.45) is 1.88. The molecule has 0 saturated heterocycles. The van der Waals surface area contributed by atoms with Gasteiger partial charge in [-0.3, -0.25) is 4.68 Å². The Hall–Kier alpha value is -1.43. The van der Waals surface area contributed by atoms with Crippen LogP contribution in [-0.4, -0.2) is 20.0 Å². The van der Waals surface area contributed by atoms with E-state index in [1.54, 1.807) is 4.68 Å². The van der Waals surface area contributed by atoms with Crippen LogP contribution in [0.25, 0.3) is 0 Å². The molecule has 74 valence electrons. The van der Waals surface area contributed by atoms with Crippen LogP contribution in [0.1, 0.15) is 24.6 Å². The largest absolute Gasteiger partial charge is 0.412 e. The van der Waals surface area contributed by atoms with Crippen molar-refractivity contribution in [2.45, 2.75) is 19.9 Å². The highest BCUT2D eigenvalue weighted by Gasteiger charge is 2.13. The maximum Gasteiger partial charge on any atom is 0.284 e. The second kappa shape index (κ2) is 3.38. The Morgan fingerprint density at radius 1 is 1.64 bits per heavy atom. The van der Waals surface area contributed by atoms with Crippen molar-refractivity contribution in [1.29, 1.82) is 0 Å². The molecule has 0 aliphatic heterocycles. The lowest BCUT2D eigenvalue weighted by atomic mass is 10.3. The average Bonchev–Trinajstić information content (AvgIpc) is 2.73. The molecule has 0 spiro atoms. The minimum absolute atomic E-state index is 0.0448. The van der Waals surface area contributed by atoms with Crippen LogP contribution in [0.4, 0.5) is 0 Å². The van der Waals surface area contributed by atoms with Crippen LogP contribution < -0.4 is 0 Å². The zero-order valence-electron chi connectivity index (χ0n) is 7.89. The van der Waals surface area contributed by atoms with Crippen molar-refractivity contribution in [3.05, 3.63) is 28.7 Å². The molecule has 2 aromatic rings. The number of aromatic nitrogens is 4. The summed E-state index contributed by atoms with van der Waals surface area (Å²) in [6, 6.07) is 1.88. The standard InChI is InChI=1S/C8H10N4OS/c1-5-3-4-12(11-5)6(2)7-9-10-8(14)13-7/h3-4,6H,1-2H3,(H,10,14). The third-order valence-corrected chi connectivity index (χ3v) is 2.13. The highest BCUT2D eigenvalue weighted by atomic mass is 32.1. The van der Waals surface area contributed by atoms with Crippen LogP contribution in [0, 0.1) is 11.8 Å². The second-order valence-electron chi connectivity index (χ2n) is 3.06. The first kappa shape index (κ1) is 9.14. The van der Waals surface area contributed by atoms with Crippen molar-refractivity contribution in [3.63, 3.8) is 0 Å². The summed E-state index contributed by atoms with van der Waals surface area (Å²) in [4.78, 5) is 0.288. The summed E-state index contributed by atoms with van der Waals surface area (Å²) < 4.78 is 6.98. The van der Waals surface area contributed by atoms with Crippen molar-refractivity contribution in [2.24, 2.45) is 0 Å². The molecular weight excluding hydrogens is 200 g/mol. The molecular formula is C8H10N4OS. The SMILES string of the molecule is Cc1ccn(C(C)c2n[nH]c(=S)o2)n1. The van der Waals surface area contributed by atoms with E-state index in [0.29, 0.717) is 5.89 Å². The van der Waals surface area contributed by atoms with E-state index in [1.807, 2.05) is 26.1 Å². The first-order valence-electron chi connectivity index (χ1n) is 4.24. The highest BCUT2D eigenvalue weighted by molar-refractivity contribution is 7.71. The Morgan fingerprint density at radius 2 is 2.43 bits per heavy atom. The smallest absolute Gasteiger partial charge is 0.284 e. The molecule has 0 bridgehead atoms. The number of aryl methyl sites for hydroxylation is 1. The van der Waals surface area contributed by atoms with Crippen LogP contribution in [0.15, 0.2) is 16.7 Å². The normalized spacial score (nSPS) is 13.0. The predicted octanol–water partition coefficient (Wildman–Crippen LogP) is 1.85. The van der Waals surface area contributed by atoms with Gasteiger partial charge in [-0.05, 0) is 32.1 Å². The fourth-order valence-electron chi connectivity index (χ4n) is 1.18. The lowest BCUT2D eigenvalue weighted by Gasteiger charge is -2.05. The minimum atomic E-state index is -0.0448. The van der Waals surface area contributed by atoms with E-state index in [1.165, 1.54) is 0 Å². The van der Waals surface area contributed by atoms with E-state index in [0.717, 1.165) is 5.69 Å². The van der Waals surface area contributed by atoms with Gasteiger partial charge < -0.3 is 4.42 Å². The van der Waals surface area contributed by atoms with Crippen LogP contribution in [0.5, 0.6) is 0 Å². The number of rotatable bonds is 2. The summed E-state index contributed by atoms with van der Waals surface area (Å²) in [5.41, 5.74) is 0.964. The molecule has 1 N–H and O–H groups in total. The Bertz CT molecular complexity index is 483. The van der Waals surface area contributed by atoms with Crippen LogP contribution in [-0.2, 0) is 0 Å². The number of aromatic amines is 1. The summed E-state index contributed by atoms with van der Waals surface area (Å²) in [5, 5.41) is 10.8. The van der Waals surface area contributed by atoms with Gasteiger partial charge >= 0.3 is 0 Å². The van der Waals surface area contributed by atoms with Gasteiger partial charge in [-0.1, -0.05) is 0 Å².